The minimum atomic E-state index is -0.340. The molecular weight excluding hydrogens is 317 g/mol. The summed E-state index contributed by atoms with van der Waals surface area (Å²) in [4.78, 5) is 12.2. The van der Waals surface area contributed by atoms with E-state index in [9.17, 15) is 9.18 Å². The zero-order chi connectivity index (χ0) is 16.0. The molecule has 0 spiro atoms. The van der Waals surface area contributed by atoms with E-state index in [1.54, 1.807) is 12.3 Å². The fraction of sp³-hybridized carbons (Fsp3) is 0.412. The van der Waals surface area contributed by atoms with Crippen molar-refractivity contribution in [1.82, 2.24) is 9.78 Å². The van der Waals surface area contributed by atoms with Crippen LogP contribution in [0.2, 0.25) is 5.02 Å². The van der Waals surface area contributed by atoms with E-state index in [-0.39, 0.29) is 24.1 Å². The molecule has 2 heterocycles. The van der Waals surface area contributed by atoms with Gasteiger partial charge in [-0.3, -0.25) is 4.79 Å². The number of amides is 1. The van der Waals surface area contributed by atoms with E-state index in [0.29, 0.717) is 16.6 Å². The van der Waals surface area contributed by atoms with Gasteiger partial charge in [0.05, 0.1) is 12.2 Å². The summed E-state index contributed by atoms with van der Waals surface area (Å²) in [5.41, 5.74) is 1.33. The van der Waals surface area contributed by atoms with Crippen LogP contribution in [0, 0.1) is 5.82 Å². The first-order valence-electron chi connectivity index (χ1n) is 7.95. The van der Waals surface area contributed by atoms with Crippen LogP contribution in [0.1, 0.15) is 55.2 Å². The minimum absolute atomic E-state index is 0.110. The van der Waals surface area contributed by atoms with Crippen molar-refractivity contribution in [2.45, 2.75) is 44.1 Å². The third-order valence-corrected chi connectivity index (χ3v) is 5.09. The number of nitrogens with one attached hydrogen (secondary N) is 1. The molecule has 1 fully saturated rings. The molecule has 1 aromatic heterocycles. The van der Waals surface area contributed by atoms with E-state index in [1.165, 1.54) is 25.0 Å². The summed E-state index contributed by atoms with van der Waals surface area (Å²) in [6.45, 7) is 0. The van der Waals surface area contributed by atoms with Gasteiger partial charge in [0.2, 0.25) is 5.91 Å². The lowest BCUT2D eigenvalue weighted by atomic mass is 9.87. The Kier molecular flexibility index (Phi) is 3.60. The molecule has 1 aliphatic heterocycles. The molecule has 0 saturated heterocycles. The number of aromatic nitrogens is 2. The predicted octanol–water partition coefficient (Wildman–Crippen LogP) is 4.26. The summed E-state index contributed by atoms with van der Waals surface area (Å²) in [7, 11) is 0. The Morgan fingerprint density at radius 2 is 2.04 bits per heavy atom. The second-order valence-electron chi connectivity index (χ2n) is 6.30. The molecule has 4 nitrogen and oxygen atoms in total. The molecule has 1 atom stereocenters. The Bertz CT molecular complexity index is 767. The summed E-state index contributed by atoms with van der Waals surface area (Å²) in [6.07, 6.45) is 6.47. The van der Waals surface area contributed by atoms with Crippen LogP contribution in [0.5, 0.6) is 0 Å². The molecule has 1 aromatic carbocycles. The van der Waals surface area contributed by atoms with Gasteiger partial charge in [-0.1, -0.05) is 24.4 Å². The Balaban J connectivity index is 1.79. The molecule has 23 heavy (non-hydrogen) atoms. The monoisotopic (exact) mass is 333 g/mol. The van der Waals surface area contributed by atoms with E-state index in [2.05, 4.69) is 10.4 Å². The van der Waals surface area contributed by atoms with Gasteiger partial charge in [0.15, 0.2) is 0 Å². The number of carbonyl (C=O) groups excluding carboxylic acids is 1. The van der Waals surface area contributed by atoms with Crippen molar-refractivity contribution in [3.05, 3.63) is 46.4 Å². The zero-order valence-electron chi connectivity index (χ0n) is 12.6. The summed E-state index contributed by atoms with van der Waals surface area (Å²) >= 11 is 6.02. The molecule has 6 heteroatoms. The van der Waals surface area contributed by atoms with Crippen LogP contribution in [0.15, 0.2) is 24.4 Å². The highest BCUT2D eigenvalue weighted by atomic mass is 35.5. The molecule has 4 rings (SSSR count). The summed E-state index contributed by atoms with van der Waals surface area (Å²) in [6, 6.07) is 4.80. The standard InChI is InChI=1S/C17H17ClFN3O/c18-10-5-6-15(19)13(7-10)12-8-16(23)21-17-14(12)9-20-22(17)11-3-1-2-4-11/h5-7,9,11-12H,1-4,8H2,(H,21,23)/t12-/m1/s1. The first-order chi connectivity index (χ1) is 11.1. The highest BCUT2D eigenvalue weighted by Gasteiger charge is 2.33. The van der Waals surface area contributed by atoms with Gasteiger partial charge in [0, 0.05) is 22.9 Å². The van der Waals surface area contributed by atoms with Crippen LogP contribution in [0.25, 0.3) is 0 Å². The van der Waals surface area contributed by atoms with Gasteiger partial charge >= 0.3 is 0 Å². The maximum atomic E-state index is 14.3. The topological polar surface area (TPSA) is 46.9 Å². The molecule has 2 aromatic rings. The van der Waals surface area contributed by atoms with Crippen molar-refractivity contribution in [3.63, 3.8) is 0 Å². The van der Waals surface area contributed by atoms with Crippen molar-refractivity contribution in [1.29, 1.82) is 0 Å². The molecule has 1 N–H and O–H groups in total. The molecule has 0 bridgehead atoms. The second kappa shape index (κ2) is 5.64. The summed E-state index contributed by atoms with van der Waals surface area (Å²) in [5.74, 6) is -0.0691. The smallest absolute Gasteiger partial charge is 0.226 e. The van der Waals surface area contributed by atoms with Crippen LogP contribution in [0.3, 0.4) is 0 Å². The van der Waals surface area contributed by atoms with Crippen molar-refractivity contribution < 1.29 is 9.18 Å². The van der Waals surface area contributed by atoms with E-state index in [1.807, 2.05) is 4.68 Å². The average molecular weight is 334 g/mol. The van der Waals surface area contributed by atoms with Gasteiger partial charge in [0.25, 0.3) is 0 Å². The lowest BCUT2D eigenvalue weighted by molar-refractivity contribution is -0.116. The third kappa shape index (κ3) is 2.53. The molecule has 2 aliphatic rings. The van der Waals surface area contributed by atoms with Crippen molar-refractivity contribution in [3.8, 4) is 0 Å². The zero-order valence-corrected chi connectivity index (χ0v) is 13.3. The van der Waals surface area contributed by atoms with Crippen molar-refractivity contribution in [2.75, 3.05) is 5.32 Å². The number of hydrogen-bond acceptors (Lipinski definition) is 2. The number of carbonyl (C=O) groups is 1. The van der Waals surface area contributed by atoms with Gasteiger partial charge in [0.1, 0.15) is 11.6 Å². The maximum Gasteiger partial charge on any atom is 0.226 e. The second-order valence-corrected chi connectivity index (χ2v) is 6.74. The SMILES string of the molecule is O=C1C[C@H](c2cc(Cl)ccc2F)c2cnn(C3CCCC3)c2N1. The van der Waals surface area contributed by atoms with Gasteiger partial charge < -0.3 is 5.32 Å². The quantitative estimate of drug-likeness (QED) is 0.892. The fourth-order valence-corrected chi connectivity index (χ4v) is 3.90. The Morgan fingerprint density at radius 1 is 1.26 bits per heavy atom. The maximum absolute atomic E-state index is 14.3. The highest BCUT2D eigenvalue weighted by molar-refractivity contribution is 6.30. The average Bonchev–Trinajstić information content (AvgIpc) is 3.17. The molecule has 1 amide bonds. The van der Waals surface area contributed by atoms with Crippen molar-refractivity contribution in [2.24, 2.45) is 0 Å². The van der Waals surface area contributed by atoms with Gasteiger partial charge in [-0.2, -0.15) is 5.10 Å². The molecule has 1 aliphatic carbocycles. The minimum Gasteiger partial charge on any atom is -0.311 e. The lowest BCUT2D eigenvalue weighted by Crippen LogP contribution is -2.26. The van der Waals surface area contributed by atoms with E-state index >= 15 is 0 Å². The number of anilines is 1. The molecule has 0 unspecified atom stereocenters. The van der Waals surface area contributed by atoms with E-state index in [0.717, 1.165) is 24.2 Å². The largest absolute Gasteiger partial charge is 0.311 e. The third-order valence-electron chi connectivity index (χ3n) is 4.85. The number of hydrogen-bond donors (Lipinski definition) is 1. The molecule has 1 saturated carbocycles. The number of halogens is 2. The first-order valence-corrected chi connectivity index (χ1v) is 8.33. The van der Waals surface area contributed by atoms with Gasteiger partial charge in [-0.25, -0.2) is 9.07 Å². The molecule has 0 radical (unpaired) electrons. The van der Waals surface area contributed by atoms with Crippen LogP contribution < -0.4 is 5.32 Å². The summed E-state index contributed by atoms with van der Waals surface area (Å²) < 4.78 is 16.2. The normalized spacial score (nSPS) is 21.3. The Hall–Kier alpha value is -1.88. The van der Waals surface area contributed by atoms with Gasteiger partial charge in [-0.05, 0) is 36.6 Å². The van der Waals surface area contributed by atoms with E-state index in [4.69, 9.17) is 11.6 Å². The number of fused-ring (bicyclic) bond motifs is 1. The predicted molar refractivity (Wildman–Crippen MR) is 86.2 cm³/mol. The number of rotatable bonds is 2. The van der Waals surface area contributed by atoms with Crippen molar-refractivity contribution >= 4 is 23.3 Å². The summed E-state index contributed by atoms with van der Waals surface area (Å²) in [5, 5.41) is 7.88. The highest BCUT2D eigenvalue weighted by Crippen LogP contribution is 2.41. The molecular formula is C17H17ClFN3O. The Morgan fingerprint density at radius 3 is 2.83 bits per heavy atom. The van der Waals surface area contributed by atoms with E-state index < -0.39 is 0 Å². The van der Waals surface area contributed by atoms with Crippen LogP contribution in [-0.4, -0.2) is 15.7 Å². The van der Waals surface area contributed by atoms with Crippen LogP contribution >= 0.6 is 11.6 Å². The fourth-order valence-electron chi connectivity index (χ4n) is 3.72. The van der Waals surface area contributed by atoms with Crippen LogP contribution in [-0.2, 0) is 4.79 Å². The number of benzene rings is 1. The van der Waals surface area contributed by atoms with Gasteiger partial charge in [-0.15, -0.1) is 0 Å². The Labute approximate surface area is 138 Å². The molecule has 120 valence electrons. The number of nitrogens with zero attached hydrogens (tertiary/aromatic N) is 2. The first kappa shape index (κ1) is 14.7. The van der Waals surface area contributed by atoms with Crippen LogP contribution in [0.4, 0.5) is 10.2 Å². The lowest BCUT2D eigenvalue weighted by Gasteiger charge is -2.25.